The molecule has 0 radical (unpaired) electrons. The molecule has 8 heteroatoms. The first-order valence-electron chi connectivity index (χ1n) is 5.61. The molecule has 104 valence electrons. The van der Waals surface area contributed by atoms with Gasteiger partial charge in [0.1, 0.15) is 11.4 Å². The number of anilines is 1. The van der Waals surface area contributed by atoms with Gasteiger partial charge in [-0.1, -0.05) is 6.07 Å². The quantitative estimate of drug-likeness (QED) is 0.553. The van der Waals surface area contributed by atoms with Crippen LogP contribution in [-0.2, 0) is 11.1 Å². The molecule has 0 aliphatic heterocycles. The van der Waals surface area contributed by atoms with E-state index in [0.717, 1.165) is 0 Å². The van der Waals surface area contributed by atoms with E-state index in [2.05, 4.69) is 10.3 Å². The van der Waals surface area contributed by atoms with Gasteiger partial charge in [0.2, 0.25) is 0 Å². The molecule has 0 bridgehead atoms. The molecule has 1 unspecified atom stereocenters. The molecule has 0 spiro atoms. The molecule has 0 aliphatic carbocycles. The largest absolute Gasteiger partial charge is 1.00 e. The predicted octanol–water partition coefficient (Wildman–Crippen LogP) is -1.42. The number of carbonyl (C=O) groups excluding carboxylic acids is 1. The third-order valence-corrected chi connectivity index (χ3v) is 3.15. The van der Waals surface area contributed by atoms with Crippen LogP contribution in [0.4, 0.5) is 5.69 Å². The van der Waals surface area contributed by atoms with E-state index in [9.17, 15) is 13.6 Å². The molecule has 0 fully saturated rings. The SMILES string of the molecule is COc1ccc(S(=O)[O-])cc1NC(=O)c1ccccn1.[Na+]. The molecule has 0 saturated heterocycles. The van der Waals surface area contributed by atoms with Gasteiger partial charge in [-0.3, -0.25) is 14.0 Å². The van der Waals surface area contributed by atoms with E-state index in [1.165, 1.54) is 31.5 Å². The van der Waals surface area contributed by atoms with E-state index in [1.807, 2.05) is 0 Å². The first-order valence-corrected chi connectivity index (χ1v) is 6.69. The normalized spacial score (nSPS) is 11.1. The molecule has 1 N–H and O–H groups in total. The fraction of sp³-hybridized carbons (Fsp3) is 0.0769. The minimum absolute atomic E-state index is 0. The molecule has 0 aliphatic rings. The summed E-state index contributed by atoms with van der Waals surface area (Å²) in [4.78, 5) is 16.0. The Hall–Kier alpha value is -1.25. The van der Waals surface area contributed by atoms with Gasteiger partial charge >= 0.3 is 29.6 Å². The number of nitrogens with zero attached hydrogens (tertiary/aromatic N) is 1. The maximum Gasteiger partial charge on any atom is 1.00 e. The number of aromatic nitrogens is 1. The first kappa shape index (κ1) is 17.8. The summed E-state index contributed by atoms with van der Waals surface area (Å²) in [6.45, 7) is 0. The van der Waals surface area contributed by atoms with Crippen molar-refractivity contribution in [2.75, 3.05) is 12.4 Å². The number of ether oxygens (including phenoxy) is 1. The van der Waals surface area contributed by atoms with Crippen molar-refractivity contribution < 1.29 is 47.9 Å². The number of hydrogen-bond donors (Lipinski definition) is 1. The Morgan fingerprint density at radius 1 is 1.33 bits per heavy atom. The van der Waals surface area contributed by atoms with E-state index in [4.69, 9.17) is 4.74 Å². The first-order chi connectivity index (χ1) is 9.61. The number of benzene rings is 1. The van der Waals surface area contributed by atoms with Crippen molar-refractivity contribution >= 4 is 22.7 Å². The van der Waals surface area contributed by atoms with Crippen molar-refractivity contribution in [3.63, 3.8) is 0 Å². The molecule has 2 aromatic rings. The number of amides is 1. The van der Waals surface area contributed by atoms with Crippen molar-refractivity contribution in [3.05, 3.63) is 48.3 Å². The summed E-state index contributed by atoms with van der Waals surface area (Å²) in [7, 11) is 1.43. The molecule has 21 heavy (non-hydrogen) atoms. The molecule has 2 rings (SSSR count). The van der Waals surface area contributed by atoms with Crippen molar-refractivity contribution in [1.29, 1.82) is 0 Å². The summed E-state index contributed by atoms with van der Waals surface area (Å²) in [5.41, 5.74) is 0.494. The number of pyridine rings is 1. The van der Waals surface area contributed by atoms with E-state index in [0.29, 0.717) is 5.75 Å². The number of hydrogen-bond acceptors (Lipinski definition) is 5. The molecule has 1 atom stereocenters. The van der Waals surface area contributed by atoms with Crippen molar-refractivity contribution in [3.8, 4) is 5.75 Å². The summed E-state index contributed by atoms with van der Waals surface area (Å²) < 4.78 is 27.0. The van der Waals surface area contributed by atoms with Crippen LogP contribution in [0, 0.1) is 0 Å². The summed E-state index contributed by atoms with van der Waals surface area (Å²) in [6, 6.07) is 9.11. The molecule has 0 saturated carbocycles. The second-order valence-electron chi connectivity index (χ2n) is 3.77. The number of rotatable bonds is 4. The Balaban J connectivity index is 0.00000220. The summed E-state index contributed by atoms with van der Waals surface area (Å²) in [6.07, 6.45) is 1.50. The van der Waals surface area contributed by atoms with Gasteiger partial charge in [0, 0.05) is 11.1 Å². The fourth-order valence-electron chi connectivity index (χ4n) is 1.57. The average Bonchev–Trinajstić information content (AvgIpc) is 2.48. The Labute approximate surface area is 146 Å². The maximum atomic E-state index is 12.0. The monoisotopic (exact) mass is 314 g/mol. The van der Waals surface area contributed by atoms with Crippen LogP contribution in [-0.4, -0.2) is 26.8 Å². The molecule has 1 aromatic heterocycles. The second-order valence-corrected chi connectivity index (χ2v) is 4.71. The molecule has 6 nitrogen and oxygen atoms in total. The summed E-state index contributed by atoms with van der Waals surface area (Å²) >= 11 is -2.38. The standard InChI is InChI=1S/C13H12N2O4S.Na/c1-19-12-6-5-9(20(17)18)8-11(12)15-13(16)10-4-2-3-7-14-10;/h2-8H,1H3,(H,15,16)(H,17,18);/q;+1/p-1. The maximum absolute atomic E-state index is 12.0. The fourth-order valence-corrected chi connectivity index (χ4v) is 1.97. The van der Waals surface area contributed by atoms with Crippen LogP contribution in [0.25, 0.3) is 0 Å². The van der Waals surface area contributed by atoms with Crippen LogP contribution in [0.2, 0.25) is 0 Å². The topological polar surface area (TPSA) is 91.4 Å². The van der Waals surface area contributed by atoms with Crippen LogP contribution in [0.15, 0.2) is 47.5 Å². The van der Waals surface area contributed by atoms with Gasteiger partial charge in [-0.2, -0.15) is 0 Å². The molecule has 1 heterocycles. The van der Waals surface area contributed by atoms with Gasteiger partial charge in [-0.05, 0) is 41.4 Å². The van der Waals surface area contributed by atoms with Gasteiger partial charge in [-0.15, -0.1) is 0 Å². The summed E-state index contributed by atoms with van der Waals surface area (Å²) in [5.74, 6) is -0.0822. The third-order valence-electron chi connectivity index (χ3n) is 2.51. The van der Waals surface area contributed by atoms with Gasteiger partial charge in [0.25, 0.3) is 5.91 Å². The zero-order valence-corrected chi connectivity index (χ0v) is 14.3. The van der Waals surface area contributed by atoms with Crippen LogP contribution in [0.5, 0.6) is 5.75 Å². The van der Waals surface area contributed by atoms with Crippen LogP contribution >= 0.6 is 0 Å². The second kappa shape index (κ2) is 8.26. The van der Waals surface area contributed by atoms with Crippen LogP contribution in [0.1, 0.15) is 10.5 Å². The third kappa shape index (κ3) is 4.62. The summed E-state index contributed by atoms with van der Waals surface area (Å²) in [5, 5.41) is 2.57. The van der Waals surface area contributed by atoms with Gasteiger partial charge < -0.3 is 14.6 Å². The Morgan fingerprint density at radius 3 is 2.67 bits per heavy atom. The smallest absolute Gasteiger partial charge is 0.768 e. The van der Waals surface area contributed by atoms with Gasteiger partial charge in [-0.25, -0.2) is 0 Å². The van der Waals surface area contributed by atoms with Crippen LogP contribution in [0.3, 0.4) is 0 Å². The molecule has 1 amide bonds. The van der Waals surface area contributed by atoms with Gasteiger partial charge in [0.15, 0.2) is 0 Å². The van der Waals surface area contributed by atoms with Crippen molar-refractivity contribution in [2.24, 2.45) is 0 Å². The van der Waals surface area contributed by atoms with Crippen molar-refractivity contribution in [2.45, 2.75) is 4.90 Å². The van der Waals surface area contributed by atoms with E-state index < -0.39 is 17.0 Å². The Bertz CT molecular complexity index is 652. The van der Waals surface area contributed by atoms with Crippen molar-refractivity contribution in [1.82, 2.24) is 4.98 Å². The Morgan fingerprint density at radius 2 is 2.10 bits per heavy atom. The van der Waals surface area contributed by atoms with E-state index in [1.54, 1.807) is 18.2 Å². The minimum atomic E-state index is -2.38. The van der Waals surface area contributed by atoms with E-state index >= 15 is 0 Å². The molecule has 1 aromatic carbocycles. The Kier molecular flexibility index (Phi) is 7.00. The minimum Gasteiger partial charge on any atom is -0.768 e. The number of carbonyl (C=O) groups is 1. The van der Waals surface area contributed by atoms with E-state index in [-0.39, 0.29) is 45.8 Å². The van der Waals surface area contributed by atoms with Crippen LogP contribution < -0.4 is 39.6 Å². The molecular weight excluding hydrogens is 303 g/mol. The average molecular weight is 314 g/mol. The van der Waals surface area contributed by atoms with Gasteiger partial charge in [0.05, 0.1) is 12.8 Å². The number of methoxy groups -OCH3 is 1. The molecular formula is C13H11N2NaO4S. The zero-order chi connectivity index (χ0) is 14.5. The zero-order valence-electron chi connectivity index (χ0n) is 11.5. The number of nitrogens with one attached hydrogen (secondary N) is 1. The predicted molar refractivity (Wildman–Crippen MR) is 72.4 cm³/mol.